The number of hydrogen-bond donors (Lipinski definition) is 2. The molecule has 5 fully saturated rings. The van der Waals surface area contributed by atoms with Crippen LogP contribution < -0.4 is 0 Å². The van der Waals surface area contributed by atoms with Crippen LogP contribution in [0.1, 0.15) is 107 Å². The molecule has 0 spiro atoms. The van der Waals surface area contributed by atoms with Crippen LogP contribution in [0.15, 0.2) is 48.6 Å². The summed E-state index contributed by atoms with van der Waals surface area (Å²) in [5, 5.41) is 18.2. The molecule has 2 N–H and O–H groups in total. The highest BCUT2D eigenvalue weighted by Gasteiger charge is 2.55. The molecule has 0 aliphatic heterocycles. The van der Waals surface area contributed by atoms with Crippen LogP contribution in [0.4, 0.5) is 0 Å². The van der Waals surface area contributed by atoms with Gasteiger partial charge in [0, 0.05) is 19.3 Å². The first-order valence-corrected chi connectivity index (χ1v) is 23.0. The Labute approximate surface area is 388 Å². The van der Waals surface area contributed by atoms with Gasteiger partial charge in [0.15, 0.2) is 0 Å². The Morgan fingerprint density at radius 3 is 1.22 bits per heavy atom. The van der Waals surface area contributed by atoms with Gasteiger partial charge < -0.3 is 33.9 Å². The van der Waals surface area contributed by atoms with E-state index in [-0.39, 0.29) is 92.1 Å². The molecular weight excluding hydrogens is 837 g/mol. The molecule has 5 saturated carbocycles. The zero-order valence-corrected chi connectivity index (χ0v) is 38.8. The van der Waals surface area contributed by atoms with Gasteiger partial charge in [0.1, 0.15) is 0 Å². The number of allylic oxidation sites excluding steroid dienone is 7. The molecule has 0 aromatic heterocycles. The van der Waals surface area contributed by atoms with E-state index in [4.69, 9.17) is 38.7 Å². The van der Waals surface area contributed by atoms with Crippen LogP contribution in [-0.2, 0) is 57.2 Å². The summed E-state index contributed by atoms with van der Waals surface area (Å²) in [7, 11) is 0. The van der Waals surface area contributed by atoms with Gasteiger partial charge in [-0.3, -0.25) is 19.2 Å². The fraction of sp³-hybridized carbons (Fsp3) is 0.686. The lowest BCUT2D eigenvalue weighted by molar-refractivity contribution is -0.192. The second-order valence-electron chi connectivity index (χ2n) is 16.2. The summed E-state index contributed by atoms with van der Waals surface area (Å²) in [5.74, 6) is 0.832. The van der Waals surface area contributed by atoms with Crippen LogP contribution in [0, 0.1) is 83.9 Å². The third-order valence-electron chi connectivity index (χ3n) is 12.7. The van der Waals surface area contributed by atoms with E-state index < -0.39 is 0 Å². The van der Waals surface area contributed by atoms with Crippen LogP contribution >= 0.6 is 0 Å². The molecule has 0 radical (unpaired) electrons. The third kappa shape index (κ3) is 18.5. The van der Waals surface area contributed by atoms with Crippen molar-refractivity contribution in [1.29, 1.82) is 0 Å². The van der Waals surface area contributed by atoms with Crippen LogP contribution in [0.5, 0.6) is 0 Å². The van der Waals surface area contributed by atoms with Gasteiger partial charge in [-0.25, -0.2) is 4.79 Å². The number of aliphatic hydroxyl groups excluding tert-OH is 2. The first-order chi connectivity index (χ1) is 31.0. The minimum atomic E-state index is -0.344. The Bertz CT molecular complexity index is 1500. The van der Waals surface area contributed by atoms with Crippen molar-refractivity contribution in [3.63, 3.8) is 0 Å². The quantitative estimate of drug-likeness (QED) is 0.0613. The Hall–Kier alpha value is -4.83. The average molecular weight is 915 g/mol. The zero-order chi connectivity index (χ0) is 48.0. The van der Waals surface area contributed by atoms with E-state index >= 15 is 0 Å². The number of ether oxygens (including phenoxy) is 5. The minimum Gasteiger partial charge on any atom is -0.466 e. The smallest absolute Gasteiger partial charge is 0.373 e. The van der Waals surface area contributed by atoms with E-state index in [0.717, 1.165) is 50.4 Å². The second-order valence-corrected chi connectivity index (χ2v) is 16.2. The summed E-state index contributed by atoms with van der Waals surface area (Å²) in [5.41, 5.74) is 0. The van der Waals surface area contributed by atoms with Crippen LogP contribution in [0.2, 0.25) is 0 Å². The Kier molecular flexibility index (Phi) is 31.9. The lowest BCUT2D eigenvalue weighted by Crippen LogP contribution is -2.36. The molecule has 0 aromatic rings. The molecule has 14 heteroatoms. The highest BCUT2D eigenvalue weighted by Crippen LogP contribution is 2.54. The number of fused-ring (bicyclic) bond motifs is 6. The number of carbonyl (C=O) groups excluding carboxylic acids is 7. The second kappa shape index (κ2) is 34.5. The number of esters is 5. The molecule has 7 aliphatic carbocycles. The first-order valence-electron chi connectivity index (χ1n) is 23.0. The number of hydrogen-bond acceptors (Lipinski definition) is 14. The van der Waals surface area contributed by atoms with Gasteiger partial charge in [-0.2, -0.15) is 9.59 Å². The predicted molar refractivity (Wildman–Crippen MR) is 245 cm³/mol. The fourth-order valence-corrected chi connectivity index (χ4v) is 10.3. The monoisotopic (exact) mass is 915 g/mol. The van der Waals surface area contributed by atoms with Gasteiger partial charge >= 0.3 is 36.0 Å². The maximum atomic E-state index is 11.9. The SMILES string of the molecule is C.C#C.C1=CCC=C1.CC/C=C/C(=O)OCC.CCOC(=O)C1[C@H]2C=C[C@H](C2)[C@H]1C(=O)OCC.CCOC(=O)C1[C@H]2CC[C@H](C2)[C@H]1C(=O)OCC.O=C=O.OC[C@@H]1[C@@H]2CC[C@@H](C2)[C@H]1CO. The minimum absolute atomic E-state index is 0. The highest BCUT2D eigenvalue weighted by atomic mass is 16.6. The molecule has 7 aliphatic rings. The molecule has 2 unspecified atom stereocenters. The predicted octanol–water partition coefficient (Wildman–Crippen LogP) is 7.28. The number of rotatable bonds is 13. The van der Waals surface area contributed by atoms with Gasteiger partial charge in [0.25, 0.3) is 0 Å². The summed E-state index contributed by atoms with van der Waals surface area (Å²) >= 11 is 0. The van der Waals surface area contributed by atoms with Crippen LogP contribution in [0.25, 0.3) is 0 Å². The van der Waals surface area contributed by atoms with Gasteiger partial charge in [-0.15, -0.1) is 12.8 Å². The average Bonchev–Trinajstić information content (AvgIpc) is 4.17. The third-order valence-corrected chi connectivity index (χ3v) is 12.7. The van der Waals surface area contributed by atoms with Crippen molar-refractivity contribution in [3.05, 3.63) is 48.6 Å². The Morgan fingerprint density at radius 1 is 0.569 bits per heavy atom. The maximum absolute atomic E-state index is 11.9. The van der Waals surface area contributed by atoms with Crippen molar-refractivity contribution < 1.29 is 67.5 Å². The van der Waals surface area contributed by atoms with Gasteiger partial charge in [-0.05, 0) is 140 Å². The maximum Gasteiger partial charge on any atom is 0.373 e. The summed E-state index contributed by atoms with van der Waals surface area (Å²) in [6.07, 6.45) is 33.7. The fourth-order valence-electron chi connectivity index (χ4n) is 10.3. The molecule has 0 aromatic carbocycles. The van der Waals surface area contributed by atoms with Crippen molar-refractivity contribution in [2.45, 2.75) is 107 Å². The summed E-state index contributed by atoms with van der Waals surface area (Å²) < 4.78 is 24.9. The van der Waals surface area contributed by atoms with Gasteiger partial charge in [0.2, 0.25) is 0 Å². The first kappa shape index (κ1) is 60.2. The Balaban J connectivity index is 0.000000798. The molecular formula is C51H78O14. The molecule has 0 amide bonds. The molecule has 0 saturated heterocycles. The van der Waals surface area contributed by atoms with Crippen molar-refractivity contribution in [2.75, 3.05) is 46.2 Å². The lowest BCUT2D eigenvalue weighted by atomic mass is 9.79. The summed E-state index contributed by atoms with van der Waals surface area (Å²) in [4.78, 5) is 74.4. The molecule has 0 heterocycles. The zero-order valence-electron chi connectivity index (χ0n) is 38.8. The van der Waals surface area contributed by atoms with Crippen molar-refractivity contribution in [2.24, 2.45) is 71.0 Å². The van der Waals surface area contributed by atoms with Crippen LogP contribution in [0.3, 0.4) is 0 Å². The van der Waals surface area contributed by atoms with Crippen molar-refractivity contribution in [1.82, 2.24) is 0 Å². The number of carbonyl (C=O) groups is 5. The normalized spacial score (nSPS) is 29.0. The molecule has 6 bridgehead atoms. The molecule has 65 heavy (non-hydrogen) atoms. The lowest BCUT2D eigenvalue weighted by Gasteiger charge is -2.27. The van der Waals surface area contributed by atoms with E-state index in [2.05, 4.69) is 41.9 Å². The van der Waals surface area contributed by atoms with E-state index in [9.17, 15) is 24.0 Å². The van der Waals surface area contributed by atoms with E-state index in [1.807, 2.05) is 19.1 Å². The van der Waals surface area contributed by atoms with Crippen molar-refractivity contribution in [3.8, 4) is 12.8 Å². The van der Waals surface area contributed by atoms with Crippen LogP contribution in [-0.4, -0.2) is 92.5 Å². The largest absolute Gasteiger partial charge is 0.466 e. The van der Waals surface area contributed by atoms with Gasteiger partial charge in [-0.1, -0.05) is 56.9 Å². The summed E-state index contributed by atoms with van der Waals surface area (Å²) in [6, 6.07) is 0. The van der Waals surface area contributed by atoms with Crippen molar-refractivity contribution >= 4 is 36.0 Å². The standard InChI is InChI=1S/C13H20O4.C13H18O4.C9H16O2.C7H12O2.C5H6.C2H2.CO2.CH4/c2*1-3-16-12(14)10-8-5-6-9(7-8)11(10)13(15)17-4-2;10-4-8-6-1-2-7(3-6)9(8)5-11;1-3-5-6-7(8)9-4-2;1-2-4-5-3-1;1-2;2-1-3;/h8-11H,3-7H2,1-2H3;5-6,8-11H,3-4,7H2,1-2H3;6-11H,1-5H2;5-6H,3-4H2,1-2H3;1-4H,5H2;1-2H;;1H4/b;;;6-5+;;;;/t2*8-,9+,10-,11?;6-,7+,8-,9-;;;;;/m111...../s1. The van der Waals surface area contributed by atoms with E-state index in [1.165, 1.54) is 25.3 Å². The summed E-state index contributed by atoms with van der Waals surface area (Å²) in [6.45, 7) is 13.4. The molecule has 7 rings (SSSR count). The molecule has 366 valence electrons. The number of aliphatic hydroxyl groups is 2. The van der Waals surface area contributed by atoms with E-state index in [1.54, 1.807) is 40.7 Å². The molecule has 14 nitrogen and oxygen atoms in total. The number of terminal acetylenes is 1. The Morgan fingerprint density at radius 2 is 0.908 bits per heavy atom. The topological polar surface area (TPSA) is 206 Å². The van der Waals surface area contributed by atoms with Gasteiger partial charge in [0.05, 0.1) is 56.7 Å². The molecule has 12 atom stereocenters. The highest BCUT2D eigenvalue weighted by molar-refractivity contribution is 5.85. The van der Waals surface area contributed by atoms with E-state index in [0.29, 0.717) is 56.7 Å².